The number of nitrogens with zero attached hydrogens (tertiary/aromatic N) is 3. The summed E-state index contributed by atoms with van der Waals surface area (Å²) in [5.41, 5.74) is 0.611. The van der Waals surface area contributed by atoms with E-state index in [0.717, 1.165) is 63.7 Å². The third-order valence-electron chi connectivity index (χ3n) is 6.82. The van der Waals surface area contributed by atoms with Crippen LogP contribution in [0.25, 0.3) is 0 Å². The third kappa shape index (κ3) is 4.61. The van der Waals surface area contributed by atoms with Crippen molar-refractivity contribution < 1.29 is 4.74 Å². The minimum atomic E-state index is 0. The van der Waals surface area contributed by atoms with E-state index < -0.39 is 0 Å². The van der Waals surface area contributed by atoms with Crippen molar-refractivity contribution in [2.75, 3.05) is 59.5 Å². The minimum Gasteiger partial charge on any atom is -0.381 e. The number of guanidine groups is 1. The highest BCUT2D eigenvalue weighted by molar-refractivity contribution is 14.0. The lowest BCUT2D eigenvalue weighted by Crippen LogP contribution is -2.55. The van der Waals surface area contributed by atoms with Crippen LogP contribution in [0.15, 0.2) is 4.99 Å². The summed E-state index contributed by atoms with van der Waals surface area (Å²) in [5.74, 6) is 2.89. The molecule has 1 atom stereocenters. The Bertz CT molecular complexity index is 450. The molecule has 0 aromatic heterocycles. The molecule has 4 aliphatic rings. The van der Waals surface area contributed by atoms with E-state index in [4.69, 9.17) is 4.74 Å². The van der Waals surface area contributed by atoms with Crippen LogP contribution in [0.1, 0.15) is 38.5 Å². The van der Waals surface area contributed by atoms with Crippen LogP contribution in [0, 0.1) is 17.3 Å². The van der Waals surface area contributed by atoms with Crippen LogP contribution in [-0.4, -0.2) is 75.3 Å². The number of nitrogens with one attached hydrogen (secondary N) is 1. The van der Waals surface area contributed by atoms with Gasteiger partial charge in [0.2, 0.25) is 0 Å². The van der Waals surface area contributed by atoms with Crippen molar-refractivity contribution in [2.45, 2.75) is 38.5 Å². The van der Waals surface area contributed by atoms with Crippen LogP contribution in [0.3, 0.4) is 0 Å². The van der Waals surface area contributed by atoms with E-state index in [2.05, 4.69) is 20.1 Å². The topological polar surface area (TPSA) is 40.1 Å². The van der Waals surface area contributed by atoms with Gasteiger partial charge in [-0.25, -0.2) is 0 Å². The average Bonchev–Trinajstić information content (AvgIpc) is 3.29. The molecule has 0 radical (unpaired) electrons. The first kappa shape index (κ1) is 19.7. The van der Waals surface area contributed by atoms with Gasteiger partial charge in [-0.05, 0) is 49.4 Å². The first-order chi connectivity index (χ1) is 11.8. The molecule has 2 saturated heterocycles. The van der Waals surface area contributed by atoms with Gasteiger partial charge in [0.1, 0.15) is 0 Å². The van der Waals surface area contributed by atoms with Gasteiger partial charge in [0.15, 0.2) is 5.96 Å². The van der Waals surface area contributed by atoms with Gasteiger partial charge >= 0.3 is 0 Å². The second-order valence-corrected chi connectivity index (χ2v) is 8.41. The highest BCUT2D eigenvalue weighted by atomic mass is 127. The number of halogens is 1. The fourth-order valence-corrected chi connectivity index (χ4v) is 4.88. The number of piperazine rings is 1. The van der Waals surface area contributed by atoms with E-state index in [1.54, 1.807) is 0 Å². The molecule has 1 N–H and O–H groups in total. The molecule has 2 heterocycles. The Morgan fingerprint density at radius 2 is 1.92 bits per heavy atom. The molecule has 2 aliphatic heterocycles. The number of hydrogen-bond acceptors (Lipinski definition) is 3. The summed E-state index contributed by atoms with van der Waals surface area (Å²) in [6.07, 6.45) is 8.46. The summed E-state index contributed by atoms with van der Waals surface area (Å²) in [7, 11) is 1.94. The molecule has 25 heavy (non-hydrogen) atoms. The fourth-order valence-electron chi connectivity index (χ4n) is 4.88. The average molecular weight is 462 g/mol. The largest absolute Gasteiger partial charge is 0.381 e. The van der Waals surface area contributed by atoms with Crippen LogP contribution in [-0.2, 0) is 4.74 Å². The highest BCUT2D eigenvalue weighted by Gasteiger charge is 2.48. The lowest BCUT2D eigenvalue weighted by Gasteiger charge is -2.44. The molecule has 0 bridgehead atoms. The summed E-state index contributed by atoms with van der Waals surface area (Å²) < 4.78 is 5.51. The predicted molar refractivity (Wildman–Crippen MR) is 113 cm³/mol. The molecule has 4 rings (SSSR count). The number of ether oxygens (including phenoxy) is 1. The van der Waals surface area contributed by atoms with Gasteiger partial charge < -0.3 is 15.0 Å². The molecule has 0 aromatic carbocycles. The van der Waals surface area contributed by atoms with Gasteiger partial charge in [0, 0.05) is 52.9 Å². The van der Waals surface area contributed by atoms with Crippen molar-refractivity contribution in [3.63, 3.8) is 0 Å². The van der Waals surface area contributed by atoms with Crippen LogP contribution in [0.4, 0.5) is 0 Å². The molecule has 0 amide bonds. The molecular formula is C19H35IN4O. The second-order valence-electron chi connectivity index (χ2n) is 8.41. The van der Waals surface area contributed by atoms with Crippen molar-refractivity contribution in [2.24, 2.45) is 22.2 Å². The number of rotatable bonds is 5. The Hall–Kier alpha value is -0.0800. The van der Waals surface area contributed by atoms with E-state index >= 15 is 0 Å². The smallest absolute Gasteiger partial charge is 0.193 e. The zero-order valence-corrected chi connectivity index (χ0v) is 18.0. The van der Waals surface area contributed by atoms with E-state index in [0.29, 0.717) is 5.41 Å². The molecule has 144 valence electrons. The van der Waals surface area contributed by atoms with Gasteiger partial charge in [-0.1, -0.05) is 6.42 Å². The van der Waals surface area contributed by atoms with E-state index in [1.807, 2.05) is 7.05 Å². The minimum absolute atomic E-state index is 0. The Balaban J connectivity index is 0.00000182. The number of hydrogen-bond donors (Lipinski definition) is 1. The first-order valence-electron chi connectivity index (χ1n) is 10.0. The lowest BCUT2D eigenvalue weighted by molar-refractivity contribution is 0.102. The van der Waals surface area contributed by atoms with Crippen LogP contribution >= 0.6 is 24.0 Å². The van der Waals surface area contributed by atoms with Crippen LogP contribution in [0.5, 0.6) is 0 Å². The summed E-state index contributed by atoms with van der Waals surface area (Å²) in [6, 6.07) is 0. The molecule has 0 spiro atoms. The maximum absolute atomic E-state index is 5.51. The summed E-state index contributed by atoms with van der Waals surface area (Å²) in [5, 5.41) is 3.73. The molecule has 2 aliphatic carbocycles. The van der Waals surface area contributed by atoms with Crippen molar-refractivity contribution in [1.29, 1.82) is 0 Å². The predicted octanol–water partition coefficient (Wildman–Crippen LogP) is 2.41. The fraction of sp³-hybridized carbons (Fsp3) is 0.947. The summed E-state index contributed by atoms with van der Waals surface area (Å²) in [4.78, 5) is 9.65. The van der Waals surface area contributed by atoms with Gasteiger partial charge in [-0.15, -0.1) is 24.0 Å². The molecule has 1 unspecified atom stereocenters. The molecular weight excluding hydrogens is 427 g/mol. The SMILES string of the molecule is CN=C(NCC1(C2CC2)CCC1)N1CCN(CC2CCOC2)CC1.I. The Labute approximate surface area is 170 Å². The van der Waals surface area contributed by atoms with E-state index in [9.17, 15) is 0 Å². The maximum atomic E-state index is 5.51. The van der Waals surface area contributed by atoms with Crippen molar-refractivity contribution in [1.82, 2.24) is 15.1 Å². The Kier molecular flexibility index (Phi) is 6.88. The standard InChI is InChI=1S/C19H34N4O.HI/c1-20-18(21-15-19(6-2-7-19)17-3-4-17)23-10-8-22(9-11-23)13-16-5-12-24-14-16;/h16-17H,2-15H2,1H3,(H,20,21);1H. The maximum Gasteiger partial charge on any atom is 0.193 e. The highest BCUT2D eigenvalue weighted by Crippen LogP contribution is 2.56. The third-order valence-corrected chi connectivity index (χ3v) is 6.82. The molecule has 4 fully saturated rings. The van der Waals surface area contributed by atoms with Gasteiger partial charge in [-0.3, -0.25) is 9.89 Å². The first-order valence-corrected chi connectivity index (χ1v) is 10.0. The summed E-state index contributed by atoms with van der Waals surface area (Å²) in [6.45, 7) is 8.80. The lowest BCUT2D eigenvalue weighted by atomic mass is 9.65. The zero-order chi connectivity index (χ0) is 16.4. The zero-order valence-electron chi connectivity index (χ0n) is 15.7. The molecule has 6 heteroatoms. The molecule has 2 saturated carbocycles. The van der Waals surface area contributed by atoms with Crippen molar-refractivity contribution in [3.8, 4) is 0 Å². The Morgan fingerprint density at radius 1 is 1.16 bits per heavy atom. The van der Waals surface area contributed by atoms with Crippen molar-refractivity contribution in [3.05, 3.63) is 0 Å². The molecule has 5 nitrogen and oxygen atoms in total. The number of aliphatic imine (C=N–C) groups is 1. The van der Waals surface area contributed by atoms with Gasteiger partial charge in [0.25, 0.3) is 0 Å². The second kappa shape index (κ2) is 8.74. The monoisotopic (exact) mass is 462 g/mol. The van der Waals surface area contributed by atoms with Crippen molar-refractivity contribution >= 4 is 29.9 Å². The van der Waals surface area contributed by atoms with Gasteiger partial charge in [-0.2, -0.15) is 0 Å². The summed E-state index contributed by atoms with van der Waals surface area (Å²) >= 11 is 0. The van der Waals surface area contributed by atoms with Crippen LogP contribution in [0.2, 0.25) is 0 Å². The normalized spacial score (nSPS) is 29.9. The Morgan fingerprint density at radius 3 is 2.44 bits per heavy atom. The quantitative estimate of drug-likeness (QED) is 0.387. The molecule has 0 aromatic rings. The van der Waals surface area contributed by atoms with E-state index in [-0.39, 0.29) is 24.0 Å². The van der Waals surface area contributed by atoms with E-state index in [1.165, 1.54) is 45.1 Å². The van der Waals surface area contributed by atoms with Crippen LogP contribution < -0.4 is 5.32 Å². The van der Waals surface area contributed by atoms with Gasteiger partial charge in [0.05, 0.1) is 6.61 Å².